The summed E-state index contributed by atoms with van der Waals surface area (Å²) in [5, 5.41) is 8.99. The molecule has 3 N–H and O–H groups in total. The summed E-state index contributed by atoms with van der Waals surface area (Å²) in [6.45, 7) is 0. The molecule has 0 aliphatic heterocycles. The van der Waals surface area contributed by atoms with Crippen molar-refractivity contribution in [3.8, 4) is 11.1 Å². The summed E-state index contributed by atoms with van der Waals surface area (Å²) >= 11 is 0. The minimum atomic E-state index is -1.16. The predicted molar refractivity (Wildman–Crippen MR) is 74.5 cm³/mol. The zero-order valence-electron chi connectivity index (χ0n) is 11.1. The number of carbonyl (C=O) groups excluding carboxylic acids is 1. The largest absolute Gasteiger partial charge is 0.478 e. The monoisotopic (exact) mass is 289 g/mol. The first-order valence-electron chi connectivity index (χ1n) is 5.94. The molecule has 0 bridgehead atoms. The first kappa shape index (κ1) is 14.5. The lowest BCUT2D eigenvalue weighted by Gasteiger charge is -2.08. The lowest BCUT2D eigenvalue weighted by Crippen LogP contribution is -2.02. The zero-order chi connectivity index (χ0) is 15.6. The molecular formula is C15H12FNO4. The van der Waals surface area contributed by atoms with Crippen molar-refractivity contribution in [1.82, 2.24) is 0 Å². The highest BCUT2D eigenvalue weighted by atomic mass is 19.1. The lowest BCUT2D eigenvalue weighted by molar-refractivity contribution is 0.0599. The van der Waals surface area contributed by atoms with Gasteiger partial charge in [0.15, 0.2) is 0 Å². The number of methoxy groups -OCH3 is 1. The summed E-state index contributed by atoms with van der Waals surface area (Å²) in [4.78, 5) is 22.3. The van der Waals surface area contributed by atoms with Crippen molar-refractivity contribution in [2.45, 2.75) is 0 Å². The van der Waals surface area contributed by atoms with E-state index in [2.05, 4.69) is 4.74 Å². The van der Waals surface area contributed by atoms with Gasteiger partial charge in [0, 0.05) is 11.3 Å². The average molecular weight is 289 g/mol. The van der Waals surface area contributed by atoms with Crippen LogP contribution < -0.4 is 5.73 Å². The molecule has 0 radical (unpaired) electrons. The Balaban J connectivity index is 2.52. The fraction of sp³-hybridized carbons (Fsp3) is 0.0667. The Morgan fingerprint density at radius 2 is 1.86 bits per heavy atom. The van der Waals surface area contributed by atoms with E-state index in [4.69, 9.17) is 10.8 Å². The smallest absolute Gasteiger partial charge is 0.337 e. The number of esters is 1. The number of anilines is 1. The number of ether oxygens (including phenoxy) is 1. The van der Waals surface area contributed by atoms with Crippen LogP contribution >= 0.6 is 0 Å². The van der Waals surface area contributed by atoms with Gasteiger partial charge in [0.2, 0.25) is 0 Å². The standard InChI is InChI=1S/C15H12FNO4/c1-21-15(20)8-2-3-12(13(16)7-8)9-4-10(14(18)19)6-11(17)5-9/h2-7H,17H2,1H3,(H,18,19). The van der Waals surface area contributed by atoms with E-state index >= 15 is 0 Å². The fourth-order valence-corrected chi connectivity index (χ4v) is 1.92. The molecule has 0 aliphatic carbocycles. The van der Waals surface area contributed by atoms with Gasteiger partial charge in [0.25, 0.3) is 0 Å². The molecule has 21 heavy (non-hydrogen) atoms. The van der Waals surface area contributed by atoms with Crippen LogP contribution in [-0.2, 0) is 4.74 Å². The molecule has 108 valence electrons. The van der Waals surface area contributed by atoms with Crippen molar-refractivity contribution in [1.29, 1.82) is 0 Å². The van der Waals surface area contributed by atoms with E-state index in [-0.39, 0.29) is 22.4 Å². The Morgan fingerprint density at radius 1 is 1.14 bits per heavy atom. The van der Waals surface area contributed by atoms with Crippen LogP contribution in [0.1, 0.15) is 20.7 Å². The van der Waals surface area contributed by atoms with Crippen LogP contribution in [0.2, 0.25) is 0 Å². The number of carboxylic acid groups (broad SMARTS) is 1. The van der Waals surface area contributed by atoms with E-state index in [0.29, 0.717) is 5.56 Å². The highest BCUT2D eigenvalue weighted by Gasteiger charge is 2.13. The number of hydrogen-bond donors (Lipinski definition) is 2. The predicted octanol–water partition coefficient (Wildman–Crippen LogP) is 2.56. The van der Waals surface area contributed by atoms with Gasteiger partial charge in [0.1, 0.15) is 5.82 Å². The maximum atomic E-state index is 14.1. The summed E-state index contributed by atoms with van der Waals surface area (Å²) in [6, 6.07) is 7.87. The lowest BCUT2D eigenvalue weighted by atomic mass is 10.00. The van der Waals surface area contributed by atoms with Crippen LogP contribution in [0, 0.1) is 5.82 Å². The number of benzene rings is 2. The number of carbonyl (C=O) groups is 2. The van der Waals surface area contributed by atoms with E-state index in [9.17, 15) is 14.0 Å². The summed E-state index contributed by atoms with van der Waals surface area (Å²) in [7, 11) is 1.20. The molecule has 0 saturated heterocycles. The van der Waals surface area contributed by atoms with Crippen LogP contribution in [0.4, 0.5) is 10.1 Å². The highest BCUT2D eigenvalue weighted by Crippen LogP contribution is 2.27. The molecule has 0 heterocycles. The van der Waals surface area contributed by atoms with E-state index in [0.717, 1.165) is 6.07 Å². The van der Waals surface area contributed by atoms with Gasteiger partial charge in [-0.1, -0.05) is 6.07 Å². The van der Waals surface area contributed by atoms with Gasteiger partial charge in [-0.3, -0.25) is 0 Å². The van der Waals surface area contributed by atoms with E-state index in [1.54, 1.807) is 0 Å². The second-order valence-electron chi connectivity index (χ2n) is 4.34. The molecule has 0 fully saturated rings. The van der Waals surface area contributed by atoms with Gasteiger partial charge in [-0.15, -0.1) is 0 Å². The van der Waals surface area contributed by atoms with Gasteiger partial charge in [-0.2, -0.15) is 0 Å². The molecule has 0 aromatic heterocycles. The molecule has 0 amide bonds. The number of carboxylic acids is 1. The van der Waals surface area contributed by atoms with Crippen molar-refractivity contribution in [3.63, 3.8) is 0 Å². The summed E-state index contributed by atoms with van der Waals surface area (Å²) in [5.41, 5.74) is 6.34. The molecule has 6 heteroatoms. The minimum absolute atomic E-state index is 0.0403. The second-order valence-corrected chi connectivity index (χ2v) is 4.34. The fourth-order valence-electron chi connectivity index (χ4n) is 1.92. The SMILES string of the molecule is COC(=O)c1ccc(-c2cc(N)cc(C(=O)O)c2)c(F)c1. The quantitative estimate of drug-likeness (QED) is 0.669. The number of aromatic carboxylic acids is 1. The average Bonchev–Trinajstić information content (AvgIpc) is 2.45. The van der Waals surface area contributed by atoms with E-state index < -0.39 is 17.8 Å². The molecule has 0 spiro atoms. The van der Waals surface area contributed by atoms with Crippen molar-refractivity contribution in [2.24, 2.45) is 0 Å². The van der Waals surface area contributed by atoms with Gasteiger partial charge in [-0.05, 0) is 35.9 Å². The second kappa shape index (κ2) is 5.62. The van der Waals surface area contributed by atoms with Crippen LogP contribution in [0.5, 0.6) is 0 Å². The van der Waals surface area contributed by atoms with E-state index in [1.165, 1.54) is 37.4 Å². The molecule has 5 nitrogen and oxygen atoms in total. The van der Waals surface area contributed by atoms with Crippen molar-refractivity contribution < 1.29 is 23.8 Å². The summed E-state index contributed by atoms with van der Waals surface area (Å²) in [6.07, 6.45) is 0. The van der Waals surface area contributed by atoms with Crippen LogP contribution in [0.25, 0.3) is 11.1 Å². The Labute approximate surface area is 119 Å². The number of rotatable bonds is 3. The van der Waals surface area contributed by atoms with E-state index in [1.807, 2.05) is 0 Å². The van der Waals surface area contributed by atoms with Crippen LogP contribution in [0.15, 0.2) is 36.4 Å². The molecule has 0 saturated carbocycles. The third kappa shape index (κ3) is 3.00. The summed E-state index contributed by atoms with van der Waals surface area (Å²) in [5.74, 6) is -2.48. The third-order valence-corrected chi connectivity index (χ3v) is 2.90. The molecule has 2 aromatic carbocycles. The number of nitrogen functional groups attached to an aromatic ring is 1. The van der Waals surface area contributed by atoms with Crippen LogP contribution in [0.3, 0.4) is 0 Å². The number of halogens is 1. The Kier molecular flexibility index (Phi) is 3.89. The zero-order valence-corrected chi connectivity index (χ0v) is 11.1. The Hall–Kier alpha value is -2.89. The molecule has 0 aliphatic rings. The topological polar surface area (TPSA) is 89.6 Å². The van der Waals surface area contributed by atoms with Crippen molar-refractivity contribution in [3.05, 3.63) is 53.3 Å². The maximum Gasteiger partial charge on any atom is 0.337 e. The van der Waals surface area contributed by atoms with Gasteiger partial charge >= 0.3 is 11.9 Å². The number of hydrogen-bond acceptors (Lipinski definition) is 4. The molecular weight excluding hydrogens is 277 g/mol. The van der Waals surface area contributed by atoms with Crippen molar-refractivity contribution in [2.75, 3.05) is 12.8 Å². The number of nitrogens with two attached hydrogens (primary N) is 1. The first-order valence-corrected chi connectivity index (χ1v) is 5.94. The molecule has 2 aromatic rings. The van der Waals surface area contributed by atoms with Gasteiger partial charge in [0.05, 0.1) is 18.2 Å². The highest BCUT2D eigenvalue weighted by molar-refractivity contribution is 5.92. The Bertz CT molecular complexity index is 728. The minimum Gasteiger partial charge on any atom is -0.478 e. The molecule has 2 rings (SSSR count). The first-order chi connectivity index (χ1) is 9.92. The molecule has 0 atom stereocenters. The Morgan fingerprint density at radius 3 is 2.43 bits per heavy atom. The molecule has 0 unspecified atom stereocenters. The normalized spacial score (nSPS) is 10.2. The maximum absolute atomic E-state index is 14.1. The summed E-state index contributed by atoms with van der Waals surface area (Å²) < 4.78 is 18.6. The third-order valence-electron chi connectivity index (χ3n) is 2.90. The van der Waals surface area contributed by atoms with Gasteiger partial charge < -0.3 is 15.6 Å². The van der Waals surface area contributed by atoms with Crippen LogP contribution in [-0.4, -0.2) is 24.2 Å². The van der Waals surface area contributed by atoms with Gasteiger partial charge in [-0.25, -0.2) is 14.0 Å². The van der Waals surface area contributed by atoms with Crippen molar-refractivity contribution >= 4 is 17.6 Å².